The van der Waals surface area contributed by atoms with Crippen LogP contribution in [0.15, 0.2) is 78.9 Å². The highest BCUT2D eigenvalue weighted by molar-refractivity contribution is 7.17. The number of ether oxygens (including phenoxy) is 2. The Labute approximate surface area is 248 Å². The molecule has 6 nitrogen and oxygen atoms in total. The summed E-state index contributed by atoms with van der Waals surface area (Å²) in [5.74, 6) is 0.887. The summed E-state index contributed by atoms with van der Waals surface area (Å²) in [7, 11) is 3.02. The lowest BCUT2D eigenvalue weighted by atomic mass is 10.1. The number of benzene rings is 3. The SMILES string of the molecule is CCCCn1c(-c2ccccc2)nc(C(F)(F)P)c1CN(Cc1ccc(C(=O)OC)cc1)Cc1cccc(OCC)c1. The lowest BCUT2D eigenvalue weighted by Crippen LogP contribution is -2.26. The van der Waals surface area contributed by atoms with E-state index in [1.807, 2.05) is 78.2 Å². The van der Waals surface area contributed by atoms with E-state index >= 15 is 8.78 Å². The van der Waals surface area contributed by atoms with Crippen LogP contribution in [0.25, 0.3) is 11.4 Å². The van der Waals surface area contributed by atoms with E-state index in [0.717, 1.165) is 35.3 Å². The molecule has 42 heavy (non-hydrogen) atoms. The molecule has 0 spiro atoms. The Hall–Kier alpha value is -3.61. The topological polar surface area (TPSA) is 56.6 Å². The number of esters is 1. The van der Waals surface area contributed by atoms with Gasteiger partial charge in [0.15, 0.2) is 0 Å². The first kappa shape index (κ1) is 31.3. The van der Waals surface area contributed by atoms with Gasteiger partial charge in [-0.3, -0.25) is 4.90 Å². The first-order valence-electron chi connectivity index (χ1n) is 14.2. The van der Waals surface area contributed by atoms with E-state index in [1.54, 1.807) is 21.4 Å². The first-order chi connectivity index (χ1) is 20.2. The van der Waals surface area contributed by atoms with E-state index in [2.05, 4.69) is 16.8 Å². The summed E-state index contributed by atoms with van der Waals surface area (Å²) in [6.45, 7) is 6.32. The van der Waals surface area contributed by atoms with Gasteiger partial charge in [-0.05, 0) is 48.7 Å². The summed E-state index contributed by atoms with van der Waals surface area (Å²) in [5.41, 5.74) is 0.210. The first-order valence-corrected chi connectivity index (χ1v) is 14.7. The average Bonchev–Trinajstić information content (AvgIpc) is 3.35. The molecule has 4 aromatic rings. The molecule has 1 aromatic heterocycles. The number of rotatable bonds is 14. The normalized spacial score (nSPS) is 11.6. The van der Waals surface area contributed by atoms with Crippen molar-refractivity contribution in [3.63, 3.8) is 0 Å². The molecule has 0 aliphatic carbocycles. The number of imidazole rings is 1. The Kier molecular flexibility index (Phi) is 10.8. The Morgan fingerprint density at radius 3 is 2.31 bits per heavy atom. The predicted octanol–water partition coefficient (Wildman–Crippen LogP) is 7.66. The number of aromatic nitrogens is 2. The summed E-state index contributed by atoms with van der Waals surface area (Å²) >= 11 is 0. The second-order valence-corrected chi connectivity index (χ2v) is 10.9. The van der Waals surface area contributed by atoms with Gasteiger partial charge in [0.1, 0.15) is 17.3 Å². The molecule has 0 saturated heterocycles. The van der Waals surface area contributed by atoms with Crippen LogP contribution in [0.5, 0.6) is 5.75 Å². The van der Waals surface area contributed by atoms with Crippen molar-refractivity contribution in [3.05, 3.63) is 107 Å². The van der Waals surface area contributed by atoms with Crippen molar-refractivity contribution in [2.75, 3.05) is 13.7 Å². The van der Waals surface area contributed by atoms with Crippen molar-refractivity contribution in [1.29, 1.82) is 0 Å². The standard InChI is InChI=1S/C33H38F2N3O3P/c1-4-6-19-38-29(30(33(34,35)42)36-31(38)26-12-8-7-9-13-26)23-37(22-25-11-10-14-28(20-25)41-5-2)21-24-15-17-27(18-16-24)32(39)40-3/h7-18,20H,4-6,19,21-23,42H2,1-3H3. The predicted molar refractivity (Wildman–Crippen MR) is 165 cm³/mol. The largest absolute Gasteiger partial charge is 0.494 e. The van der Waals surface area contributed by atoms with Crippen molar-refractivity contribution >= 4 is 15.2 Å². The molecule has 3 aromatic carbocycles. The smallest absolute Gasteiger partial charge is 0.337 e. The quantitative estimate of drug-likeness (QED) is 0.111. The number of unbranched alkanes of at least 4 members (excludes halogenated alkanes) is 1. The van der Waals surface area contributed by atoms with Crippen molar-refractivity contribution in [1.82, 2.24) is 14.5 Å². The Morgan fingerprint density at radius 1 is 0.952 bits per heavy atom. The maximum absolute atomic E-state index is 15.2. The summed E-state index contributed by atoms with van der Waals surface area (Å²) in [5, 5.41) is 0. The molecule has 0 aliphatic rings. The maximum atomic E-state index is 15.2. The monoisotopic (exact) mass is 593 g/mol. The summed E-state index contributed by atoms with van der Waals surface area (Å²) in [6, 6.07) is 24.5. The van der Waals surface area contributed by atoms with Gasteiger partial charge in [-0.25, -0.2) is 9.78 Å². The maximum Gasteiger partial charge on any atom is 0.337 e. The van der Waals surface area contributed by atoms with Gasteiger partial charge in [0.2, 0.25) is 0 Å². The van der Waals surface area contributed by atoms with E-state index < -0.39 is 11.6 Å². The third kappa shape index (κ3) is 8.02. The fraction of sp³-hybridized carbons (Fsp3) is 0.333. The van der Waals surface area contributed by atoms with Crippen LogP contribution in [0, 0.1) is 0 Å². The Bertz CT molecular complexity index is 1450. The van der Waals surface area contributed by atoms with E-state index in [9.17, 15) is 4.79 Å². The molecule has 0 aliphatic heterocycles. The number of nitrogens with zero attached hydrogens (tertiary/aromatic N) is 3. The van der Waals surface area contributed by atoms with Gasteiger partial charge < -0.3 is 14.0 Å². The molecule has 0 amide bonds. The highest BCUT2D eigenvalue weighted by Gasteiger charge is 2.35. The van der Waals surface area contributed by atoms with Crippen LogP contribution in [-0.4, -0.2) is 34.1 Å². The van der Waals surface area contributed by atoms with Crippen LogP contribution in [0.2, 0.25) is 0 Å². The minimum absolute atomic E-state index is 0.237. The number of hydrogen-bond acceptors (Lipinski definition) is 5. The van der Waals surface area contributed by atoms with Gasteiger partial charge in [0.25, 0.3) is 0 Å². The van der Waals surface area contributed by atoms with Crippen molar-refractivity contribution in [3.8, 4) is 17.1 Å². The molecule has 0 saturated carbocycles. The zero-order chi connectivity index (χ0) is 30.1. The van der Waals surface area contributed by atoms with Crippen molar-refractivity contribution in [2.24, 2.45) is 0 Å². The molecule has 0 radical (unpaired) electrons. The minimum atomic E-state index is -3.21. The van der Waals surface area contributed by atoms with E-state index in [0.29, 0.717) is 43.3 Å². The Balaban J connectivity index is 1.77. The number of hydrogen-bond donors (Lipinski definition) is 0. The fourth-order valence-corrected chi connectivity index (χ4v) is 5.17. The van der Waals surface area contributed by atoms with Crippen LogP contribution >= 0.6 is 9.24 Å². The highest BCUT2D eigenvalue weighted by Crippen LogP contribution is 2.39. The summed E-state index contributed by atoms with van der Waals surface area (Å²) in [4.78, 5) is 18.6. The van der Waals surface area contributed by atoms with Crippen molar-refractivity contribution < 1.29 is 23.0 Å². The number of alkyl halides is 2. The Morgan fingerprint density at radius 2 is 1.67 bits per heavy atom. The van der Waals surface area contributed by atoms with Gasteiger partial charge >= 0.3 is 11.6 Å². The molecule has 222 valence electrons. The van der Waals surface area contributed by atoms with Gasteiger partial charge in [0.05, 0.1) is 25.0 Å². The van der Waals surface area contributed by atoms with Gasteiger partial charge in [-0.2, -0.15) is 8.78 Å². The average molecular weight is 594 g/mol. The number of carbonyl (C=O) groups excluding carboxylic acids is 1. The van der Waals surface area contributed by atoms with Crippen LogP contribution in [0.1, 0.15) is 59.6 Å². The van der Waals surface area contributed by atoms with Gasteiger partial charge in [0, 0.05) is 31.7 Å². The second kappa shape index (κ2) is 14.5. The molecular weight excluding hydrogens is 555 g/mol. The molecule has 1 unspecified atom stereocenters. The van der Waals surface area contributed by atoms with Gasteiger partial charge in [-0.1, -0.05) is 77.2 Å². The van der Waals surface area contributed by atoms with E-state index in [1.165, 1.54) is 7.11 Å². The molecule has 0 fully saturated rings. The van der Waals surface area contributed by atoms with E-state index in [-0.39, 0.29) is 12.2 Å². The third-order valence-electron chi connectivity index (χ3n) is 6.93. The van der Waals surface area contributed by atoms with Crippen LogP contribution < -0.4 is 4.74 Å². The van der Waals surface area contributed by atoms with Crippen molar-refractivity contribution in [2.45, 2.75) is 58.5 Å². The van der Waals surface area contributed by atoms with Crippen LogP contribution in [-0.2, 0) is 36.6 Å². The molecule has 1 heterocycles. The van der Waals surface area contributed by atoms with Crippen LogP contribution in [0.3, 0.4) is 0 Å². The molecule has 0 N–H and O–H groups in total. The molecule has 1 atom stereocenters. The fourth-order valence-electron chi connectivity index (χ4n) is 4.94. The number of carbonyl (C=O) groups is 1. The van der Waals surface area contributed by atoms with E-state index in [4.69, 9.17) is 9.47 Å². The molecular formula is C33H38F2N3O3P. The number of methoxy groups -OCH3 is 1. The summed E-state index contributed by atoms with van der Waals surface area (Å²) in [6.07, 6.45) is 1.75. The number of halogens is 2. The van der Waals surface area contributed by atoms with Gasteiger partial charge in [-0.15, -0.1) is 0 Å². The highest BCUT2D eigenvalue weighted by atomic mass is 31.0. The summed E-state index contributed by atoms with van der Waals surface area (Å²) < 4.78 is 42.8. The minimum Gasteiger partial charge on any atom is -0.494 e. The zero-order valence-electron chi connectivity index (χ0n) is 24.4. The molecule has 9 heteroatoms. The lowest BCUT2D eigenvalue weighted by molar-refractivity contribution is 0.0600. The third-order valence-corrected chi connectivity index (χ3v) is 7.20. The second-order valence-electron chi connectivity index (χ2n) is 10.1. The lowest BCUT2D eigenvalue weighted by Gasteiger charge is -2.25. The molecule has 4 rings (SSSR count). The molecule has 0 bridgehead atoms. The zero-order valence-corrected chi connectivity index (χ0v) is 25.5. The van der Waals surface area contributed by atoms with Crippen LogP contribution in [0.4, 0.5) is 8.78 Å².